The molecule has 3 aromatic rings. The molecule has 6 heteroatoms. The summed E-state index contributed by atoms with van der Waals surface area (Å²) in [6.45, 7) is 0.645. The lowest BCUT2D eigenvalue weighted by atomic mass is 10.2. The van der Waals surface area contributed by atoms with E-state index >= 15 is 0 Å². The first-order chi connectivity index (χ1) is 11.7. The van der Waals surface area contributed by atoms with E-state index in [4.69, 9.17) is 4.74 Å². The maximum atomic E-state index is 5.16. The Morgan fingerprint density at radius 3 is 2.46 bits per heavy atom. The molecule has 0 bridgehead atoms. The van der Waals surface area contributed by atoms with Crippen molar-refractivity contribution < 1.29 is 4.74 Å². The van der Waals surface area contributed by atoms with Gasteiger partial charge in [0, 0.05) is 22.9 Å². The lowest BCUT2D eigenvalue weighted by Gasteiger charge is -2.09. The normalized spacial score (nSPS) is 10.2. The number of nitrogens with zero attached hydrogens (tertiary/aromatic N) is 2. The van der Waals surface area contributed by atoms with Crippen LogP contribution in [0.1, 0.15) is 5.56 Å². The molecule has 2 aromatic carbocycles. The van der Waals surface area contributed by atoms with Crippen molar-refractivity contribution >= 4 is 33.4 Å². The van der Waals surface area contributed by atoms with Crippen molar-refractivity contribution in [2.45, 2.75) is 6.54 Å². The van der Waals surface area contributed by atoms with Gasteiger partial charge in [0.2, 0.25) is 5.95 Å². The zero-order chi connectivity index (χ0) is 16.8. The van der Waals surface area contributed by atoms with Gasteiger partial charge in [0.1, 0.15) is 11.6 Å². The number of hydrogen-bond donors (Lipinski definition) is 2. The molecule has 0 atom stereocenters. The topological polar surface area (TPSA) is 59.1 Å². The summed E-state index contributed by atoms with van der Waals surface area (Å²) in [6.07, 6.45) is 1.73. The van der Waals surface area contributed by atoms with Crippen molar-refractivity contribution in [3.8, 4) is 5.75 Å². The molecule has 0 aliphatic rings. The van der Waals surface area contributed by atoms with Gasteiger partial charge >= 0.3 is 0 Å². The molecule has 0 amide bonds. The molecule has 24 heavy (non-hydrogen) atoms. The van der Waals surface area contributed by atoms with Gasteiger partial charge in [-0.05, 0) is 48.0 Å². The molecule has 0 aliphatic carbocycles. The maximum Gasteiger partial charge on any atom is 0.224 e. The molecule has 5 nitrogen and oxygen atoms in total. The summed E-state index contributed by atoms with van der Waals surface area (Å²) in [7, 11) is 1.66. The van der Waals surface area contributed by atoms with E-state index in [1.165, 1.54) is 0 Å². The van der Waals surface area contributed by atoms with Crippen LogP contribution in [0.15, 0.2) is 65.3 Å². The van der Waals surface area contributed by atoms with E-state index in [0.717, 1.165) is 27.3 Å². The van der Waals surface area contributed by atoms with E-state index in [9.17, 15) is 0 Å². The summed E-state index contributed by atoms with van der Waals surface area (Å²) < 4.78 is 6.19. The second kappa shape index (κ2) is 7.79. The van der Waals surface area contributed by atoms with Crippen LogP contribution in [0, 0.1) is 0 Å². The van der Waals surface area contributed by atoms with E-state index in [1.54, 1.807) is 13.3 Å². The highest BCUT2D eigenvalue weighted by Crippen LogP contribution is 2.18. The molecule has 0 fully saturated rings. The molecule has 0 radical (unpaired) electrons. The number of ether oxygens (including phenoxy) is 1. The number of methoxy groups -OCH3 is 1. The van der Waals surface area contributed by atoms with Gasteiger partial charge in [-0.1, -0.05) is 28.1 Å². The fourth-order valence-corrected chi connectivity index (χ4v) is 2.38. The SMILES string of the molecule is COc1ccc(CNc2nccc(Nc3ccc(Br)cc3)n2)cc1. The van der Waals surface area contributed by atoms with Gasteiger partial charge in [-0.15, -0.1) is 0 Å². The van der Waals surface area contributed by atoms with Crippen molar-refractivity contribution in [1.82, 2.24) is 9.97 Å². The third-order valence-electron chi connectivity index (χ3n) is 3.38. The Hall–Kier alpha value is -2.60. The lowest BCUT2D eigenvalue weighted by Crippen LogP contribution is -2.05. The first kappa shape index (κ1) is 16.3. The monoisotopic (exact) mass is 384 g/mol. The van der Waals surface area contributed by atoms with Crippen molar-refractivity contribution in [3.63, 3.8) is 0 Å². The van der Waals surface area contributed by atoms with Crippen LogP contribution in [0.3, 0.4) is 0 Å². The van der Waals surface area contributed by atoms with Gasteiger partial charge in [-0.25, -0.2) is 4.98 Å². The summed E-state index contributed by atoms with van der Waals surface area (Å²) in [5.74, 6) is 2.16. The Bertz CT molecular complexity index is 791. The molecule has 0 aliphatic heterocycles. The van der Waals surface area contributed by atoms with Crippen molar-refractivity contribution in [3.05, 3.63) is 70.8 Å². The minimum Gasteiger partial charge on any atom is -0.497 e. The number of benzene rings is 2. The Balaban J connectivity index is 1.63. The van der Waals surface area contributed by atoms with Crippen LogP contribution in [0.4, 0.5) is 17.5 Å². The zero-order valence-corrected chi connectivity index (χ0v) is 14.7. The van der Waals surface area contributed by atoms with E-state index in [1.807, 2.05) is 54.6 Å². The van der Waals surface area contributed by atoms with E-state index < -0.39 is 0 Å². The largest absolute Gasteiger partial charge is 0.497 e. The first-order valence-electron chi connectivity index (χ1n) is 7.45. The van der Waals surface area contributed by atoms with Crippen LogP contribution in [0.25, 0.3) is 0 Å². The molecule has 0 saturated carbocycles. The third kappa shape index (κ3) is 4.45. The predicted molar refractivity (Wildman–Crippen MR) is 99.8 cm³/mol. The van der Waals surface area contributed by atoms with Crippen molar-refractivity contribution in [1.29, 1.82) is 0 Å². The summed E-state index contributed by atoms with van der Waals surface area (Å²) >= 11 is 3.42. The zero-order valence-electron chi connectivity index (χ0n) is 13.2. The summed E-state index contributed by atoms with van der Waals surface area (Å²) in [5, 5.41) is 6.48. The summed E-state index contributed by atoms with van der Waals surface area (Å²) in [4.78, 5) is 8.72. The third-order valence-corrected chi connectivity index (χ3v) is 3.91. The van der Waals surface area contributed by atoms with Gasteiger partial charge < -0.3 is 15.4 Å². The van der Waals surface area contributed by atoms with Gasteiger partial charge in [-0.3, -0.25) is 0 Å². The first-order valence-corrected chi connectivity index (χ1v) is 8.25. The molecular weight excluding hydrogens is 368 g/mol. The molecule has 122 valence electrons. The average molecular weight is 385 g/mol. The van der Waals surface area contributed by atoms with Crippen molar-refractivity contribution in [2.24, 2.45) is 0 Å². The second-order valence-corrected chi connectivity index (χ2v) is 6.01. The Kier molecular flexibility index (Phi) is 5.28. The summed E-state index contributed by atoms with van der Waals surface area (Å²) in [5.41, 5.74) is 2.10. The fraction of sp³-hybridized carbons (Fsp3) is 0.111. The average Bonchev–Trinajstić information content (AvgIpc) is 2.63. The quantitative estimate of drug-likeness (QED) is 0.649. The van der Waals surface area contributed by atoms with Crippen LogP contribution >= 0.6 is 15.9 Å². The van der Waals surface area contributed by atoms with Gasteiger partial charge in [-0.2, -0.15) is 4.98 Å². The maximum absolute atomic E-state index is 5.16. The Morgan fingerprint density at radius 1 is 1.00 bits per heavy atom. The van der Waals surface area contributed by atoms with E-state index in [0.29, 0.717) is 12.5 Å². The molecule has 1 heterocycles. The van der Waals surface area contributed by atoms with Crippen LogP contribution in [0.2, 0.25) is 0 Å². The lowest BCUT2D eigenvalue weighted by molar-refractivity contribution is 0.414. The van der Waals surface area contributed by atoms with Gasteiger partial charge in [0.05, 0.1) is 7.11 Å². The number of halogens is 1. The van der Waals surface area contributed by atoms with Crippen LogP contribution in [-0.4, -0.2) is 17.1 Å². The number of aromatic nitrogens is 2. The Labute approximate surface area is 149 Å². The summed E-state index contributed by atoms with van der Waals surface area (Å²) in [6, 6.07) is 17.6. The molecule has 0 unspecified atom stereocenters. The predicted octanol–water partition coefficient (Wildman–Crippen LogP) is 4.60. The minimum atomic E-state index is 0.577. The molecule has 3 rings (SSSR count). The van der Waals surface area contributed by atoms with E-state index in [2.05, 4.69) is 36.5 Å². The molecule has 2 N–H and O–H groups in total. The standard InChI is InChI=1S/C18H17BrN4O/c1-24-16-8-2-13(3-9-16)12-21-18-20-11-10-17(23-18)22-15-6-4-14(19)5-7-15/h2-11H,12H2,1H3,(H2,20,21,22,23). The minimum absolute atomic E-state index is 0.577. The molecular formula is C18H17BrN4O. The number of hydrogen-bond acceptors (Lipinski definition) is 5. The van der Waals surface area contributed by atoms with Crippen LogP contribution in [-0.2, 0) is 6.54 Å². The highest BCUT2D eigenvalue weighted by Gasteiger charge is 2.01. The highest BCUT2D eigenvalue weighted by atomic mass is 79.9. The second-order valence-electron chi connectivity index (χ2n) is 5.10. The van der Waals surface area contributed by atoms with Gasteiger partial charge in [0.25, 0.3) is 0 Å². The number of rotatable bonds is 6. The number of nitrogens with one attached hydrogen (secondary N) is 2. The number of anilines is 3. The smallest absolute Gasteiger partial charge is 0.224 e. The van der Waals surface area contributed by atoms with Crippen molar-refractivity contribution in [2.75, 3.05) is 17.7 Å². The van der Waals surface area contributed by atoms with Crippen LogP contribution in [0.5, 0.6) is 5.75 Å². The van der Waals surface area contributed by atoms with E-state index in [-0.39, 0.29) is 0 Å². The molecule has 0 spiro atoms. The fourth-order valence-electron chi connectivity index (χ4n) is 2.12. The molecule has 1 aromatic heterocycles. The molecule has 0 saturated heterocycles. The van der Waals surface area contributed by atoms with Crippen LogP contribution < -0.4 is 15.4 Å². The Morgan fingerprint density at radius 2 is 1.75 bits per heavy atom. The van der Waals surface area contributed by atoms with Gasteiger partial charge in [0.15, 0.2) is 0 Å². The highest BCUT2D eigenvalue weighted by molar-refractivity contribution is 9.10.